The minimum Gasteiger partial charge on any atom is -0.369 e. The Bertz CT molecular complexity index is 434. The van der Waals surface area contributed by atoms with Crippen LogP contribution in [0, 0.1) is 0 Å². The van der Waals surface area contributed by atoms with Gasteiger partial charge in [-0.1, -0.05) is 0 Å². The maximum Gasteiger partial charge on any atom is 0.198 e. The third-order valence-electron chi connectivity index (χ3n) is 2.71. The van der Waals surface area contributed by atoms with Gasteiger partial charge in [-0.3, -0.25) is 0 Å². The average Bonchev–Trinajstić information content (AvgIpc) is 2.63. The number of nitrogens with two attached hydrogens (primary N) is 1. The number of halogens is 1. The SMILES string of the molecule is Br.Nc1nc2cc3c(cc2[nH]1)CCC3. The van der Waals surface area contributed by atoms with Gasteiger partial charge in [0.1, 0.15) is 0 Å². The Hall–Kier alpha value is -1.03. The van der Waals surface area contributed by atoms with Gasteiger partial charge < -0.3 is 10.7 Å². The summed E-state index contributed by atoms with van der Waals surface area (Å²) in [6, 6.07) is 4.34. The summed E-state index contributed by atoms with van der Waals surface area (Å²) in [5.74, 6) is 0.513. The first-order valence-corrected chi connectivity index (χ1v) is 4.60. The number of nitrogens with one attached hydrogen (secondary N) is 1. The van der Waals surface area contributed by atoms with Crippen molar-refractivity contribution in [2.75, 3.05) is 5.73 Å². The summed E-state index contributed by atoms with van der Waals surface area (Å²) in [7, 11) is 0. The number of anilines is 1. The van der Waals surface area contributed by atoms with Crippen LogP contribution in [0.2, 0.25) is 0 Å². The van der Waals surface area contributed by atoms with Crippen LogP contribution in [0.3, 0.4) is 0 Å². The second-order valence-electron chi connectivity index (χ2n) is 3.61. The summed E-state index contributed by atoms with van der Waals surface area (Å²) in [5.41, 5.74) is 10.5. The fourth-order valence-corrected chi connectivity index (χ4v) is 2.10. The molecule has 1 aromatic carbocycles. The zero-order valence-electron chi connectivity index (χ0n) is 7.71. The lowest BCUT2D eigenvalue weighted by atomic mass is 10.1. The van der Waals surface area contributed by atoms with Crippen LogP contribution in [0.5, 0.6) is 0 Å². The molecule has 74 valence electrons. The predicted molar refractivity (Wildman–Crippen MR) is 62.9 cm³/mol. The van der Waals surface area contributed by atoms with Gasteiger partial charge >= 0.3 is 0 Å². The second kappa shape index (κ2) is 3.28. The largest absolute Gasteiger partial charge is 0.369 e. The van der Waals surface area contributed by atoms with Crippen LogP contribution < -0.4 is 5.73 Å². The molecule has 1 heterocycles. The molecule has 2 aromatic rings. The lowest BCUT2D eigenvalue weighted by Crippen LogP contribution is -1.84. The molecule has 1 aliphatic carbocycles. The quantitative estimate of drug-likeness (QED) is 0.757. The van der Waals surface area contributed by atoms with Gasteiger partial charge in [-0.05, 0) is 42.5 Å². The van der Waals surface area contributed by atoms with Crippen molar-refractivity contribution in [3.8, 4) is 0 Å². The Morgan fingerprint density at radius 1 is 1.21 bits per heavy atom. The predicted octanol–water partition coefficient (Wildman–Crippen LogP) is 2.21. The summed E-state index contributed by atoms with van der Waals surface area (Å²) in [6.07, 6.45) is 3.67. The van der Waals surface area contributed by atoms with E-state index in [4.69, 9.17) is 5.73 Å². The van der Waals surface area contributed by atoms with Crippen molar-refractivity contribution in [3.05, 3.63) is 23.3 Å². The topological polar surface area (TPSA) is 54.7 Å². The van der Waals surface area contributed by atoms with E-state index in [1.54, 1.807) is 0 Å². The highest BCUT2D eigenvalue weighted by Crippen LogP contribution is 2.26. The van der Waals surface area contributed by atoms with Crippen molar-refractivity contribution in [1.29, 1.82) is 0 Å². The molecule has 1 aliphatic rings. The molecule has 4 heteroatoms. The highest BCUT2D eigenvalue weighted by Gasteiger charge is 2.12. The van der Waals surface area contributed by atoms with E-state index in [0.717, 1.165) is 11.0 Å². The monoisotopic (exact) mass is 253 g/mol. The molecular weight excluding hydrogens is 242 g/mol. The van der Waals surface area contributed by atoms with Crippen LogP contribution in [0.15, 0.2) is 12.1 Å². The molecule has 0 saturated heterocycles. The third kappa shape index (κ3) is 1.30. The van der Waals surface area contributed by atoms with Gasteiger partial charge in [-0.25, -0.2) is 4.98 Å². The fourth-order valence-electron chi connectivity index (χ4n) is 2.10. The number of aromatic amines is 1. The molecule has 14 heavy (non-hydrogen) atoms. The second-order valence-corrected chi connectivity index (χ2v) is 3.61. The standard InChI is InChI=1S/C10H11N3.BrH/c11-10-12-8-4-6-2-1-3-7(6)5-9(8)13-10;/h4-5H,1-3H2,(H3,11,12,13);1H. The number of hydrogen-bond acceptors (Lipinski definition) is 2. The molecule has 0 unspecified atom stereocenters. The molecule has 0 amide bonds. The maximum atomic E-state index is 5.58. The summed E-state index contributed by atoms with van der Waals surface area (Å²) in [5, 5.41) is 0. The minimum absolute atomic E-state index is 0. The molecule has 3 rings (SSSR count). The minimum atomic E-state index is 0. The number of imidazole rings is 1. The number of fused-ring (bicyclic) bond motifs is 2. The number of hydrogen-bond donors (Lipinski definition) is 2. The van der Waals surface area contributed by atoms with Crippen molar-refractivity contribution < 1.29 is 0 Å². The number of aryl methyl sites for hydroxylation is 2. The molecule has 0 fully saturated rings. The zero-order valence-corrected chi connectivity index (χ0v) is 9.42. The van der Waals surface area contributed by atoms with Crippen molar-refractivity contribution >= 4 is 34.0 Å². The number of benzene rings is 1. The maximum absolute atomic E-state index is 5.58. The van der Waals surface area contributed by atoms with Crippen LogP contribution in [0.4, 0.5) is 5.95 Å². The molecule has 3 nitrogen and oxygen atoms in total. The Morgan fingerprint density at radius 2 is 1.93 bits per heavy atom. The number of H-pyrrole nitrogens is 1. The lowest BCUT2D eigenvalue weighted by molar-refractivity contribution is 0.912. The fraction of sp³-hybridized carbons (Fsp3) is 0.300. The lowest BCUT2D eigenvalue weighted by Gasteiger charge is -1.96. The van der Waals surface area contributed by atoms with Gasteiger partial charge in [0, 0.05) is 0 Å². The molecule has 0 spiro atoms. The highest BCUT2D eigenvalue weighted by atomic mass is 79.9. The van der Waals surface area contributed by atoms with Crippen molar-refractivity contribution in [2.45, 2.75) is 19.3 Å². The van der Waals surface area contributed by atoms with E-state index < -0.39 is 0 Å². The number of rotatable bonds is 0. The van der Waals surface area contributed by atoms with Crippen molar-refractivity contribution in [2.24, 2.45) is 0 Å². The number of aromatic nitrogens is 2. The summed E-state index contributed by atoms with van der Waals surface area (Å²) < 4.78 is 0. The van der Waals surface area contributed by atoms with Crippen LogP contribution in [-0.2, 0) is 12.8 Å². The molecular formula is C10H12BrN3. The van der Waals surface area contributed by atoms with E-state index in [0.29, 0.717) is 5.95 Å². The first kappa shape index (κ1) is 9.52. The van der Waals surface area contributed by atoms with Crippen LogP contribution in [0.1, 0.15) is 17.5 Å². The van der Waals surface area contributed by atoms with E-state index in [2.05, 4.69) is 22.1 Å². The summed E-state index contributed by atoms with van der Waals surface area (Å²) in [4.78, 5) is 7.27. The summed E-state index contributed by atoms with van der Waals surface area (Å²) >= 11 is 0. The van der Waals surface area contributed by atoms with Gasteiger partial charge in [-0.15, -0.1) is 17.0 Å². The third-order valence-corrected chi connectivity index (χ3v) is 2.71. The first-order chi connectivity index (χ1) is 6.33. The molecule has 0 bridgehead atoms. The average molecular weight is 254 g/mol. The zero-order chi connectivity index (χ0) is 8.84. The van der Waals surface area contributed by atoms with E-state index >= 15 is 0 Å². The molecule has 0 aliphatic heterocycles. The Kier molecular flexibility index (Phi) is 2.23. The molecule has 0 saturated carbocycles. The molecule has 1 aromatic heterocycles. The van der Waals surface area contributed by atoms with Crippen LogP contribution in [0.25, 0.3) is 11.0 Å². The van der Waals surface area contributed by atoms with E-state index in [-0.39, 0.29) is 17.0 Å². The van der Waals surface area contributed by atoms with E-state index in [1.807, 2.05) is 0 Å². The van der Waals surface area contributed by atoms with Crippen molar-refractivity contribution in [1.82, 2.24) is 9.97 Å². The van der Waals surface area contributed by atoms with Crippen LogP contribution >= 0.6 is 17.0 Å². The van der Waals surface area contributed by atoms with Crippen LogP contribution in [-0.4, -0.2) is 9.97 Å². The van der Waals surface area contributed by atoms with E-state index in [1.165, 1.54) is 30.4 Å². The Morgan fingerprint density at radius 3 is 2.71 bits per heavy atom. The van der Waals surface area contributed by atoms with Gasteiger partial charge in [0.2, 0.25) is 0 Å². The first-order valence-electron chi connectivity index (χ1n) is 4.60. The Labute approximate surface area is 92.5 Å². The molecule has 0 radical (unpaired) electrons. The van der Waals surface area contributed by atoms with E-state index in [9.17, 15) is 0 Å². The smallest absolute Gasteiger partial charge is 0.198 e. The van der Waals surface area contributed by atoms with Gasteiger partial charge in [0.05, 0.1) is 11.0 Å². The Balaban J connectivity index is 0.000000750. The van der Waals surface area contributed by atoms with Gasteiger partial charge in [0.15, 0.2) is 5.95 Å². The van der Waals surface area contributed by atoms with Gasteiger partial charge in [0.25, 0.3) is 0 Å². The molecule has 3 N–H and O–H groups in total. The molecule has 0 atom stereocenters. The van der Waals surface area contributed by atoms with Gasteiger partial charge in [-0.2, -0.15) is 0 Å². The number of nitrogens with zero attached hydrogens (tertiary/aromatic N) is 1. The van der Waals surface area contributed by atoms with Crippen molar-refractivity contribution in [3.63, 3.8) is 0 Å². The summed E-state index contributed by atoms with van der Waals surface area (Å²) in [6.45, 7) is 0. The number of nitrogen functional groups attached to an aromatic ring is 1. The normalized spacial score (nSPS) is 14.0. The highest BCUT2D eigenvalue weighted by molar-refractivity contribution is 8.93.